The first kappa shape index (κ1) is 17.7. The minimum Gasteiger partial charge on any atom is -0.297 e. The van der Waals surface area contributed by atoms with Crippen LogP contribution in [0.15, 0.2) is 0 Å². The number of hydrogen-bond acceptors (Lipinski definition) is 2. The molecule has 0 bridgehead atoms. The van der Waals surface area contributed by atoms with Crippen molar-refractivity contribution in [3.05, 3.63) is 0 Å². The Kier molecular flexibility index (Phi) is 5.46. The number of ketones is 1. The van der Waals surface area contributed by atoms with Crippen LogP contribution in [0.4, 0.5) is 0 Å². The fourth-order valence-corrected chi connectivity index (χ4v) is 3.33. The fourth-order valence-electron chi connectivity index (χ4n) is 3.33. The zero-order valence-corrected chi connectivity index (χ0v) is 14.9. The van der Waals surface area contributed by atoms with Gasteiger partial charge in [0.2, 0.25) is 0 Å². The second kappa shape index (κ2) is 6.17. The van der Waals surface area contributed by atoms with E-state index in [-0.39, 0.29) is 17.0 Å². The molecule has 0 aromatic heterocycles. The van der Waals surface area contributed by atoms with Gasteiger partial charge in [0.05, 0.1) is 6.04 Å². The Morgan fingerprint density at radius 3 is 1.95 bits per heavy atom. The summed E-state index contributed by atoms with van der Waals surface area (Å²) in [5, 5.41) is 0. The number of hydrogen-bond donors (Lipinski definition) is 0. The van der Waals surface area contributed by atoms with Gasteiger partial charge < -0.3 is 0 Å². The number of rotatable bonds is 3. The molecule has 0 aromatic carbocycles. The Balaban J connectivity index is 3.10. The Bertz CT molecular complexity index is 334. The normalized spacial score (nSPS) is 26.6. The Hall–Kier alpha value is -0.370. The van der Waals surface area contributed by atoms with E-state index in [1.54, 1.807) is 0 Å². The molecular weight excluding hydrogens is 246 g/mol. The van der Waals surface area contributed by atoms with Crippen molar-refractivity contribution in [3.63, 3.8) is 0 Å². The highest BCUT2D eigenvalue weighted by Gasteiger charge is 2.43. The van der Waals surface area contributed by atoms with E-state index in [1.165, 1.54) is 25.7 Å². The molecule has 0 aliphatic heterocycles. The van der Waals surface area contributed by atoms with Crippen molar-refractivity contribution in [2.24, 2.45) is 17.3 Å². The summed E-state index contributed by atoms with van der Waals surface area (Å²) in [6, 6.07) is 0.0605. The highest BCUT2D eigenvalue weighted by molar-refractivity contribution is 5.89. The SMILES string of the molecule is CC1CCCCC1C(C(=O)C(C)(C)C)N(C)C(C)(C)C. The highest BCUT2D eigenvalue weighted by atomic mass is 16.1. The largest absolute Gasteiger partial charge is 0.297 e. The van der Waals surface area contributed by atoms with Gasteiger partial charge in [-0.2, -0.15) is 0 Å². The number of nitrogens with zero attached hydrogens (tertiary/aromatic N) is 1. The molecule has 0 aromatic rings. The number of Topliss-reactive ketones (excluding diaryl/α,β-unsaturated/α-hetero) is 1. The van der Waals surface area contributed by atoms with Gasteiger partial charge in [-0.25, -0.2) is 0 Å². The first-order chi connectivity index (χ1) is 8.96. The van der Waals surface area contributed by atoms with Crippen LogP contribution in [0.2, 0.25) is 0 Å². The van der Waals surface area contributed by atoms with Crippen LogP contribution in [0.3, 0.4) is 0 Å². The van der Waals surface area contributed by atoms with Gasteiger partial charge in [-0.3, -0.25) is 9.69 Å². The maximum absolute atomic E-state index is 13.1. The molecule has 1 fully saturated rings. The maximum Gasteiger partial charge on any atom is 0.155 e. The zero-order valence-electron chi connectivity index (χ0n) is 14.9. The van der Waals surface area contributed by atoms with Gasteiger partial charge in [-0.05, 0) is 46.1 Å². The molecule has 1 aliphatic carbocycles. The molecule has 1 saturated carbocycles. The van der Waals surface area contributed by atoms with Gasteiger partial charge >= 0.3 is 0 Å². The van der Waals surface area contributed by atoms with Gasteiger partial charge in [-0.15, -0.1) is 0 Å². The van der Waals surface area contributed by atoms with Crippen LogP contribution in [0.1, 0.15) is 74.1 Å². The lowest BCUT2D eigenvalue weighted by Gasteiger charge is -2.46. The molecule has 2 heteroatoms. The first-order valence-corrected chi connectivity index (χ1v) is 8.23. The number of carbonyl (C=O) groups is 1. The third-order valence-electron chi connectivity index (χ3n) is 5.07. The average molecular weight is 281 g/mol. The van der Waals surface area contributed by atoms with Crippen molar-refractivity contribution in [1.29, 1.82) is 0 Å². The van der Waals surface area contributed by atoms with E-state index in [0.717, 1.165) is 0 Å². The quantitative estimate of drug-likeness (QED) is 0.757. The molecule has 1 rings (SSSR count). The van der Waals surface area contributed by atoms with Gasteiger partial charge in [0.15, 0.2) is 5.78 Å². The van der Waals surface area contributed by atoms with Crippen LogP contribution < -0.4 is 0 Å². The minimum atomic E-state index is -0.263. The van der Waals surface area contributed by atoms with Crippen molar-refractivity contribution < 1.29 is 4.79 Å². The molecule has 0 spiro atoms. The maximum atomic E-state index is 13.1. The van der Waals surface area contributed by atoms with E-state index < -0.39 is 0 Å². The van der Waals surface area contributed by atoms with Crippen LogP contribution in [0.25, 0.3) is 0 Å². The Labute approximate surface area is 126 Å². The second-order valence-electron chi connectivity index (χ2n) is 8.77. The van der Waals surface area contributed by atoms with E-state index in [9.17, 15) is 4.79 Å². The lowest BCUT2D eigenvalue weighted by atomic mass is 9.70. The van der Waals surface area contributed by atoms with Crippen molar-refractivity contribution in [1.82, 2.24) is 4.90 Å². The van der Waals surface area contributed by atoms with E-state index in [0.29, 0.717) is 17.6 Å². The van der Waals surface area contributed by atoms with Crippen molar-refractivity contribution in [3.8, 4) is 0 Å². The molecule has 1 aliphatic rings. The average Bonchev–Trinajstić information content (AvgIpc) is 2.29. The van der Waals surface area contributed by atoms with Crippen LogP contribution in [0, 0.1) is 17.3 Å². The molecule has 118 valence electrons. The fraction of sp³-hybridized carbons (Fsp3) is 0.944. The third-order valence-corrected chi connectivity index (χ3v) is 5.07. The Morgan fingerprint density at radius 2 is 1.55 bits per heavy atom. The van der Waals surface area contributed by atoms with Gasteiger partial charge in [0.25, 0.3) is 0 Å². The highest BCUT2D eigenvalue weighted by Crippen LogP contribution is 2.38. The lowest BCUT2D eigenvalue weighted by Crippen LogP contribution is -2.56. The molecule has 0 amide bonds. The molecule has 0 heterocycles. The summed E-state index contributed by atoms with van der Waals surface area (Å²) in [5.74, 6) is 1.58. The minimum absolute atomic E-state index is 0.0305. The molecule has 3 atom stereocenters. The standard InChI is InChI=1S/C18H35NO/c1-13-11-9-10-12-14(13)15(16(20)17(2,3)4)19(8)18(5,6)7/h13-15H,9-12H2,1-8H3. The molecule has 20 heavy (non-hydrogen) atoms. The van der Waals surface area contributed by atoms with Crippen LogP contribution >= 0.6 is 0 Å². The third kappa shape index (κ3) is 4.07. The van der Waals surface area contributed by atoms with E-state index in [1.807, 2.05) is 0 Å². The summed E-state index contributed by atoms with van der Waals surface area (Å²) in [7, 11) is 2.13. The summed E-state index contributed by atoms with van der Waals surface area (Å²) in [6.07, 6.45) is 5.08. The summed E-state index contributed by atoms with van der Waals surface area (Å²) in [6.45, 7) is 15.2. The number of carbonyl (C=O) groups excluding carboxylic acids is 1. The summed E-state index contributed by atoms with van der Waals surface area (Å²) in [5.41, 5.74) is -0.232. The van der Waals surface area contributed by atoms with Gasteiger partial charge in [0, 0.05) is 11.0 Å². The van der Waals surface area contributed by atoms with Gasteiger partial charge in [0.1, 0.15) is 0 Å². The smallest absolute Gasteiger partial charge is 0.155 e. The molecule has 3 unspecified atom stereocenters. The molecular formula is C18H35NO. The second-order valence-corrected chi connectivity index (χ2v) is 8.77. The lowest BCUT2D eigenvalue weighted by molar-refractivity contribution is -0.137. The Morgan fingerprint density at radius 1 is 1.05 bits per heavy atom. The van der Waals surface area contributed by atoms with Crippen LogP contribution in [0.5, 0.6) is 0 Å². The summed E-state index contributed by atoms with van der Waals surface area (Å²) >= 11 is 0. The van der Waals surface area contributed by atoms with Gasteiger partial charge in [-0.1, -0.05) is 47.0 Å². The number of likely N-dealkylation sites (N-methyl/N-ethyl adjacent to an activating group) is 1. The predicted molar refractivity (Wildman–Crippen MR) is 86.9 cm³/mol. The molecule has 2 nitrogen and oxygen atoms in total. The van der Waals surface area contributed by atoms with Crippen LogP contribution in [-0.2, 0) is 4.79 Å². The first-order valence-electron chi connectivity index (χ1n) is 8.23. The summed E-state index contributed by atoms with van der Waals surface area (Å²) in [4.78, 5) is 15.4. The molecule has 0 N–H and O–H groups in total. The van der Waals surface area contributed by atoms with Crippen molar-refractivity contribution >= 4 is 5.78 Å². The topological polar surface area (TPSA) is 20.3 Å². The van der Waals surface area contributed by atoms with Crippen molar-refractivity contribution in [2.45, 2.75) is 85.7 Å². The summed E-state index contributed by atoms with van der Waals surface area (Å²) < 4.78 is 0. The van der Waals surface area contributed by atoms with E-state index >= 15 is 0 Å². The molecule has 0 saturated heterocycles. The van der Waals surface area contributed by atoms with Crippen LogP contribution in [-0.4, -0.2) is 29.3 Å². The van der Waals surface area contributed by atoms with E-state index in [4.69, 9.17) is 0 Å². The molecule has 0 radical (unpaired) electrons. The van der Waals surface area contributed by atoms with Crippen molar-refractivity contribution in [2.75, 3.05) is 7.05 Å². The van der Waals surface area contributed by atoms with E-state index in [2.05, 4.69) is 60.4 Å². The zero-order chi connectivity index (χ0) is 15.7. The predicted octanol–water partition coefficient (Wildman–Crippen LogP) is 4.53. The monoisotopic (exact) mass is 281 g/mol.